The predicted molar refractivity (Wildman–Crippen MR) is 81.2 cm³/mol. The van der Waals surface area contributed by atoms with Crippen LogP contribution >= 0.6 is 0 Å². The van der Waals surface area contributed by atoms with Crippen molar-refractivity contribution in [3.8, 4) is 0 Å². The van der Waals surface area contributed by atoms with Gasteiger partial charge in [-0.2, -0.15) is 0 Å². The lowest BCUT2D eigenvalue weighted by Crippen LogP contribution is -2.45. The number of amides is 2. The lowest BCUT2D eigenvalue weighted by molar-refractivity contribution is -0.133. The van der Waals surface area contributed by atoms with Crippen LogP contribution in [0, 0.1) is 6.92 Å². The first-order valence-electron chi connectivity index (χ1n) is 7.26. The molecule has 1 aliphatic heterocycles. The third-order valence-corrected chi connectivity index (χ3v) is 3.72. The van der Waals surface area contributed by atoms with Crippen LogP contribution in [0.15, 0.2) is 24.3 Å². The summed E-state index contributed by atoms with van der Waals surface area (Å²) in [5, 5.41) is 9.75. The molecule has 1 heterocycles. The van der Waals surface area contributed by atoms with Crippen molar-refractivity contribution in [3.63, 3.8) is 0 Å². The van der Waals surface area contributed by atoms with Crippen molar-refractivity contribution in [2.45, 2.75) is 32.1 Å². The maximum absolute atomic E-state index is 12.2. The van der Waals surface area contributed by atoms with Crippen LogP contribution in [0.5, 0.6) is 0 Å². The number of hydrogen-bond acceptors (Lipinski definition) is 4. The summed E-state index contributed by atoms with van der Waals surface area (Å²) < 4.78 is 5.27. The maximum Gasteiger partial charge on any atom is 0.410 e. The SMILES string of the molecule is Cc1ccc(COC(=O)N2CC(O)C[C@H]2C(=O)N(C)C)cc1. The summed E-state index contributed by atoms with van der Waals surface area (Å²) in [6.45, 7) is 2.25. The number of carbonyl (C=O) groups is 2. The predicted octanol–water partition coefficient (Wildman–Crippen LogP) is 1.16. The number of likely N-dealkylation sites (N-methyl/N-ethyl adjacent to an activating group) is 1. The molecule has 0 saturated carbocycles. The second kappa shape index (κ2) is 6.79. The van der Waals surface area contributed by atoms with Gasteiger partial charge in [0.05, 0.1) is 12.6 Å². The molecule has 0 aromatic heterocycles. The van der Waals surface area contributed by atoms with Crippen LogP contribution in [-0.2, 0) is 16.1 Å². The number of benzene rings is 1. The minimum absolute atomic E-state index is 0.122. The maximum atomic E-state index is 12.2. The Labute approximate surface area is 130 Å². The number of β-amino-alcohol motifs (C(OH)–C–C–N with tert-alkyl or cyclic N) is 1. The van der Waals surface area contributed by atoms with E-state index in [4.69, 9.17) is 4.74 Å². The molecule has 1 saturated heterocycles. The molecule has 2 atom stereocenters. The van der Waals surface area contributed by atoms with Crippen molar-refractivity contribution in [2.75, 3.05) is 20.6 Å². The number of aliphatic hydroxyl groups is 1. The highest BCUT2D eigenvalue weighted by Gasteiger charge is 2.40. The Bertz CT molecular complexity index is 542. The summed E-state index contributed by atoms with van der Waals surface area (Å²) in [4.78, 5) is 27.0. The van der Waals surface area contributed by atoms with Crippen LogP contribution in [0.4, 0.5) is 4.79 Å². The fourth-order valence-corrected chi connectivity index (χ4v) is 2.46. The van der Waals surface area contributed by atoms with Crippen LogP contribution in [0.2, 0.25) is 0 Å². The second-order valence-electron chi connectivity index (χ2n) is 5.83. The van der Waals surface area contributed by atoms with Gasteiger partial charge in [0.2, 0.25) is 5.91 Å². The molecule has 1 aromatic rings. The van der Waals surface area contributed by atoms with E-state index < -0.39 is 18.2 Å². The molecule has 22 heavy (non-hydrogen) atoms. The third kappa shape index (κ3) is 3.76. The number of aryl methyl sites for hydroxylation is 1. The summed E-state index contributed by atoms with van der Waals surface area (Å²) in [5.41, 5.74) is 2.02. The van der Waals surface area contributed by atoms with E-state index in [1.807, 2.05) is 31.2 Å². The van der Waals surface area contributed by atoms with Crippen LogP contribution in [0.3, 0.4) is 0 Å². The van der Waals surface area contributed by atoms with Crippen molar-refractivity contribution >= 4 is 12.0 Å². The van der Waals surface area contributed by atoms with E-state index in [2.05, 4.69) is 0 Å². The summed E-state index contributed by atoms with van der Waals surface area (Å²) >= 11 is 0. The first-order valence-corrected chi connectivity index (χ1v) is 7.26. The molecule has 0 aliphatic carbocycles. The van der Waals surface area contributed by atoms with Crippen molar-refractivity contribution in [3.05, 3.63) is 35.4 Å². The molecule has 1 N–H and O–H groups in total. The van der Waals surface area contributed by atoms with Gasteiger partial charge in [0.1, 0.15) is 12.6 Å². The van der Waals surface area contributed by atoms with Gasteiger partial charge in [-0.15, -0.1) is 0 Å². The van der Waals surface area contributed by atoms with Gasteiger partial charge in [0.25, 0.3) is 0 Å². The second-order valence-corrected chi connectivity index (χ2v) is 5.83. The summed E-state index contributed by atoms with van der Waals surface area (Å²) in [6.07, 6.45) is -1.02. The number of nitrogens with zero attached hydrogens (tertiary/aromatic N) is 2. The van der Waals surface area contributed by atoms with Gasteiger partial charge in [0, 0.05) is 20.5 Å². The fraction of sp³-hybridized carbons (Fsp3) is 0.500. The number of carbonyl (C=O) groups excluding carboxylic acids is 2. The van der Waals surface area contributed by atoms with Gasteiger partial charge in [-0.05, 0) is 12.5 Å². The molecule has 6 nitrogen and oxygen atoms in total. The highest BCUT2D eigenvalue weighted by atomic mass is 16.6. The lowest BCUT2D eigenvalue weighted by atomic mass is 10.2. The van der Waals surface area contributed by atoms with E-state index in [1.165, 1.54) is 9.80 Å². The van der Waals surface area contributed by atoms with E-state index in [9.17, 15) is 14.7 Å². The fourth-order valence-electron chi connectivity index (χ4n) is 2.46. The van der Waals surface area contributed by atoms with E-state index >= 15 is 0 Å². The number of ether oxygens (including phenoxy) is 1. The first-order chi connectivity index (χ1) is 10.4. The molecule has 1 aromatic carbocycles. The number of hydrogen-bond donors (Lipinski definition) is 1. The topological polar surface area (TPSA) is 70.1 Å². The monoisotopic (exact) mass is 306 g/mol. The largest absolute Gasteiger partial charge is 0.445 e. The zero-order chi connectivity index (χ0) is 16.3. The smallest absolute Gasteiger partial charge is 0.410 e. The van der Waals surface area contributed by atoms with Crippen LogP contribution in [0.25, 0.3) is 0 Å². The molecule has 1 fully saturated rings. The molecule has 1 aliphatic rings. The van der Waals surface area contributed by atoms with Gasteiger partial charge in [0.15, 0.2) is 0 Å². The molecule has 2 amide bonds. The Kier molecular flexibility index (Phi) is 5.03. The summed E-state index contributed by atoms with van der Waals surface area (Å²) in [5.74, 6) is -0.205. The quantitative estimate of drug-likeness (QED) is 0.909. The average molecular weight is 306 g/mol. The van der Waals surface area contributed by atoms with Gasteiger partial charge in [-0.1, -0.05) is 29.8 Å². The van der Waals surface area contributed by atoms with Crippen molar-refractivity contribution in [1.82, 2.24) is 9.80 Å². The van der Waals surface area contributed by atoms with Crippen molar-refractivity contribution in [1.29, 1.82) is 0 Å². The molecule has 1 unspecified atom stereocenters. The zero-order valence-corrected chi connectivity index (χ0v) is 13.2. The molecular weight excluding hydrogens is 284 g/mol. The Balaban J connectivity index is 1.98. The van der Waals surface area contributed by atoms with Crippen molar-refractivity contribution in [2.24, 2.45) is 0 Å². The minimum atomic E-state index is -0.694. The first kappa shape index (κ1) is 16.3. The average Bonchev–Trinajstić information content (AvgIpc) is 2.87. The number of likely N-dealkylation sites (tertiary alicyclic amines) is 1. The Morgan fingerprint density at radius 2 is 1.95 bits per heavy atom. The van der Waals surface area contributed by atoms with Gasteiger partial charge in [-0.3, -0.25) is 9.69 Å². The molecule has 0 spiro atoms. The molecule has 6 heteroatoms. The Morgan fingerprint density at radius 1 is 1.32 bits per heavy atom. The third-order valence-electron chi connectivity index (χ3n) is 3.72. The van der Waals surface area contributed by atoms with E-state index in [-0.39, 0.29) is 25.5 Å². The summed E-state index contributed by atoms with van der Waals surface area (Å²) in [6, 6.07) is 7.02. The minimum Gasteiger partial charge on any atom is -0.445 e. The highest BCUT2D eigenvalue weighted by Crippen LogP contribution is 2.21. The molecule has 0 radical (unpaired) electrons. The van der Waals surface area contributed by atoms with Crippen LogP contribution in [-0.4, -0.2) is 59.7 Å². The van der Waals surface area contributed by atoms with E-state index in [1.54, 1.807) is 14.1 Å². The molecular formula is C16H22N2O4. The van der Waals surface area contributed by atoms with Crippen molar-refractivity contribution < 1.29 is 19.4 Å². The Morgan fingerprint density at radius 3 is 2.55 bits per heavy atom. The number of rotatable bonds is 3. The van der Waals surface area contributed by atoms with Gasteiger partial charge >= 0.3 is 6.09 Å². The van der Waals surface area contributed by atoms with E-state index in [0.29, 0.717) is 0 Å². The molecule has 120 valence electrons. The number of aliphatic hydroxyl groups excluding tert-OH is 1. The molecule has 0 bridgehead atoms. The van der Waals surface area contributed by atoms with Gasteiger partial charge < -0.3 is 14.7 Å². The standard InChI is InChI=1S/C16H22N2O4/c1-11-4-6-12(7-5-11)10-22-16(21)18-9-13(19)8-14(18)15(20)17(2)3/h4-7,13-14,19H,8-10H2,1-3H3/t13?,14-/m0/s1. The zero-order valence-electron chi connectivity index (χ0n) is 13.2. The van der Waals surface area contributed by atoms with Crippen LogP contribution < -0.4 is 0 Å². The lowest BCUT2D eigenvalue weighted by Gasteiger charge is -2.25. The Hall–Kier alpha value is -2.08. The highest BCUT2D eigenvalue weighted by molar-refractivity contribution is 5.86. The van der Waals surface area contributed by atoms with Crippen LogP contribution in [0.1, 0.15) is 17.5 Å². The van der Waals surface area contributed by atoms with Gasteiger partial charge in [-0.25, -0.2) is 4.79 Å². The van der Waals surface area contributed by atoms with E-state index in [0.717, 1.165) is 11.1 Å². The normalized spacial score (nSPS) is 20.8. The molecule has 2 rings (SSSR count). The summed E-state index contributed by atoms with van der Waals surface area (Å²) in [7, 11) is 3.26.